The molecule has 2 aromatic rings. The summed E-state index contributed by atoms with van der Waals surface area (Å²) in [7, 11) is 0. The van der Waals surface area contributed by atoms with Crippen LogP contribution in [-0.2, 0) is 0 Å². The third-order valence-corrected chi connectivity index (χ3v) is 3.16. The minimum absolute atomic E-state index is 0.226. The van der Waals surface area contributed by atoms with Crippen molar-refractivity contribution in [3.05, 3.63) is 39.1 Å². The summed E-state index contributed by atoms with van der Waals surface area (Å²) in [5.74, 6) is -1.81. The normalized spacial score (nSPS) is 10.6. The van der Waals surface area contributed by atoms with Gasteiger partial charge in [0.1, 0.15) is 0 Å². The predicted molar refractivity (Wildman–Crippen MR) is 67.2 cm³/mol. The Morgan fingerprint density at radius 1 is 1.17 bits per heavy atom. The van der Waals surface area contributed by atoms with Crippen LogP contribution in [0.2, 0.25) is 15.1 Å². The second kappa shape index (κ2) is 4.68. The maximum Gasteiger partial charge on any atom is 0.360 e. The summed E-state index contributed by atoms with van der Waals surface area (Å²) in [6.07, 6.45) is 1.12. The minimum atomic E-state index is -1.34. The zero-order chi connectivity index (χ0) is 13.4. The number of carboxylic acid groups (broad SMARTS) is 1. The topological polar surface area (TPSA) is 75.3 Å². The van der Waals surface area contributed by atoms with E-state index in [1.54, 1.807) is 0 Å². The molecule has 5 nitrogen and oxygen atoms in total. The van der Waals surface area contributed by atoms with Gasteiger partial charge < -0.3 is 10.2 Å². The molecule has 0 saturated heterocycles. The van der Waals surface area contributed by atoms with Gasteiger partial charge in [-0.15, -0.1) is 0 Å². The van der Waals surface area contributed by atoms with Gasteiger partial charge >= 0.3 is 5.97 Å². The van der Waals surface area contributed by atoms with Gasteiger partial charge in [0.15, 0.2) is 5.75 Å². The molecule has 1 heterocycles. The first-order chi connectivity index (χ1) is 8.40. The van der Waals surface area contributed by atoms with Crippen LogP contribution in [0, 0.1) is 0 Å². The second-order valence-electron chi connectivity index (χ2n) is 3.33. The summed E-state index contributed by atoms with van der Waals surface area (Å²) >= 11 is 17.5. The number of aromatic hydroxyl groups is 1. The predicted octanol–water partition coefficient (Wildman–Crippen LogP) is 3.24. The highest BCUT2D eigenvalue weighted by molar-refractivity contribution is 6.43. The largest absolute Gasteiger partial charge is 0.504 e. The van der Waals surface area contributed by atoms with Crippen LogP contribution in [0.15, 0.2) is 18.3 Å². The highest BCUT2D eigenvalue weighted by Gasteiger charge is 2.17. The van der Waals surface area contributed by atoms with Crippen molar-refractivity contribution in [2.75, 3.05) is 0 Å². The van der Waals surface area contributed by atoms with E-state index in [0.29, 0.717) is 5.69 Å². The van der Waals surface area contributed by atoms with E-state index >= 15 is 0 Å². The molecule has 94 valence electrons. The molecule has 18 heavy (non-hydrogen) atoms. The highest BCUT2D eigenvalue weighted by atomic mass is 35.5. The fourth-order valence-corrected chi connectivity index (χ4v) is 1.96. The van der Waals surface area contributed by atoms with Crippen molar-refractivity contribution in [2.24, 2.45) is 0 Å². The maximum absolute atomic E-state index is 10.8. The Labute approximate surface area is 116 Å². The minimum Gasteiger partial charge on any atom is -0.504 e. The monoisotopic (exact) mass is 306 g/mol. The van der Waals surface area contributed by atoms with Crippen LogP contribution in [0.4, 0.5) is 0 Å². The Kier molecular flexibility index (Phi) is 3.38. The second-order valence-corrected chi connectivity index (χ2v) is 4.55. The van der Waals surface area contributed by atoms with Gasteiger partial charge in [0, 0.05) is 0 Å². The third kappa shape index (κ3) is 2.25. The average Bonchev–Trinajstić information content (AvgIpc) is 2.65. The number of rotatable bonds is 2. The molecule has 0 bridgehead atoms. The Hall–Kier alpha value is -1.43. The SMILES string of the molecule is O=C(O)c1nn(-c2cc(Cl)c(Cl)cc2Cl)cc1O. The van der Waals surface area contributed by atoms with Crippen molar-refractivity contribution in [1.29, 1.82) is 0 Å². The molecule has 0 atom stereocenters. The zero-order valence-electron chi connectivity index (χ0n) is 8.56. The standard InChI is InChI=1S/C10H5Cl3N2O3/c11-4-1-6(13)7(2-5(4)12)15-3-8(16)9(14-15)10(17)18/h1-3,16H,(H,17,18). The fraction of sp³-hybridized carbons (Fsp3) is 0. The van der Waals surface area contributed by atoms with Gasteiger partial charge in [-0.3, -0.25) is 0 Å². The summed E-state index contributed by atoms with van der Waals surface area (Å²) in [6.45, 7) is 0. The number of nitrogens with zero attached hydrogens (tertiary/aromatic N) is 2. The van der Waals surface area contributed by atoms with E-state index in [0.717, 1.165) is 10.9 Å². The van der Waals surface area contributed by atoms with E-state index in [9.17, 15) is 9.90 Å². The Balaban J connectivity index is 2.59. The van der Waals surface area contributed by atoms with Gasteiger partial charge in [-0.25, -0.2) is 9.48 Å². The van der Waals surface area contributed by atoms with Crippen molar-refractivity contribution < 1.29 is 15.0 Å². The van der Waals surface area contributed by atoms with Crippen LogP contribution in [0.25, 0.3) is 5.69 Å². The van der Waals surface area contributed by atoms with E-state index in [4.69, 9.17) is 39.9 Å². The molecule has 0 saturated carbocycles. The summed E-state index contributed by atoms with van der Waals surface area (Å²) in [5.41, 5.74) is -0.161. The molecule has 0 fully saturated rings. The van der Waals surface area contributed by atoms with Crippen LogP contribution >= 0.6 is 34.8 Å². The molecule has 2 N–H and O–H groups in total. The van der Waals surface area contributed by atoms with Crippen LogP contribution in [-0.4, -0.2) is 26.0 Å². The summed E-state index contributed by atoms with van der Waals surface area (Å²) in [4.78, 5) is 10.8. The van der Waals surface area contributed by atoms with Crippen LogP contribution in [0.1, 0.15) is 10.5 Å². The van der Waals surface area contributed by atoms with E-state index in [-0.39, 0.29) is 15.1 Å². The van der Waals surface area contributed by atoms with Crippen LogP contribution in [0.5, 0.6) is 5.75 Å². The molecular formula is C10H5Cl3N2O3. The lowest BCUT2D eigenvalue weighted by atomic mass is 10.3. The summed E-state index contributed by atoms with van der Waals surface area (Å²) < 4.78 is 1.11. The molecule has 8 heteroatoms. The number of hydrogen-bond acceptors (Lipinski definition) is 3. The fourth-order valence-electron chi connectivity index (χ4n) is 1.33. The maximum atomic E-state index is 10.8. The van der Waals surface area contributed by atoms with Gasteiger partial charge in [0.25, 0.3) is 0 Å². The molecule has 1 aromatic carbocycles. The summed E-state index contributed by atoms with van der Waals surface area (Å²) in [5, 5.41) is 22.6. The van der Waals surface area contributed by atoms with E-state index in [2.05, 4.69) is 5.10 Å². The lowest BCUT2D eigenvalue weighted by Crippen LogP contribution is -2.01. The first-order valence-electron chi connectivity index (χ1n) is 4.57. The lowest BCUT2D eigenvalue weighted by molar-refractivity contribution is 0.0687. The van der Waals surface area contributed by atoms with Crippen molar-refractivity contribution in [2.45, 2.75) is 0 Å². The van der Waals surface area contributed by atoms with Crippen molar-refractivity contribution in [3.63, 3.8) is 0 Å². The van der Waals surface area contributed by atoms with Crippen molar-refractivity contribution in [1.82, 2.24) is 9.78 Å². The first kappa shape index (κ1) is 13.0. The van der Waals surface area contributed by atoms with Gasteiger partial charge in [-0.2, -0.15) is 5.10 Å². The number of carbonyl (C=O) groups is 1. The number of carboxylic acids is 1. The first-order valence-corrected chi connectivity index (χ1v) is 5.70. The van der Waals surface area contributed by atoms with Gasteiger partial charge in [0.05, 0.1) is 27.0 Å². The lowest BCUT2D eigenvalue weighted by Gasteiger charge is -2.05. The smallest absolute Gasteiger partial charge is 0.360 e. The Morgan fingerprint density at radius 2 is 1.78 bits per heavy atom. The molecule has 1 aromatic heterocycles. The van der Waals surface area contributed by atoms with Gasteiger partial charge in [0.2, 0.25) is 5.69 Å². The number of aromatic carboxylic acids is 1. The molecule has 0 amide bonds. The van der Waals surface area contributed by atoms with Crippen LogP contribution < -0.4 is 0 Å². The molecule has 0 aliphatic rings. The molecular weight excluding hydrogens is 302 g/mol. The number of benzene rings is 1. The van der Waals surface area contributed by atoms with E-state index in [1.807, 2.05) is 0 Å². The molecule has 0 unspecified atom stereocenters. The third-order valence-electron chi connectivity index (χ3n) is 2.13. The Morgan fingerprint density at radius 3 is 2.33 bits per heavy atom. The average molecular weight is 308 g/mol. The number of aromatic nitrogens is 2. The molecule has 0 spiro atoms. The number of hydrogen-bond donors (Lipinski definition) is 2. The number of halogens is 3. The van der Waals surface area contributed by atoms with Gasteiger partial charge in [-0.05, 0) is 12.1 Å². The van der Waals surface area contributed by atoms with E-state index < -0.39 is 17.4 Å². The highest BCUT2D eigenvalue weighted by Crippen LogP contribution is 2.31. The zero-order valence-corrected chi connectivity index (χ0v) is 10.8. The van der Waals surface area contributed by atoms with Crippen molar-refractivity contribution >= 4 is 40.8 Å². The quantitative estimate of drug-likeness (QED) is 0.835. The van der Waals surface area contributed by atoms with Crippen LogP contribution in [0.3, 0.4) is 0 Å². The molecule has 0 aliphatic heterocycles. The Bertz CT molecular complexity index is 640. The molecule has 2 rings (SSSR count). The molecule has 0 aliphatic carbocycles. The van der Waals surface area contributed by atoms with E-state index in [1.165, 1.54) is 12.1 Å². The van der Waals surface area contributed by atoms with Gasteiger partial charge in [-0.1, -0.05) is 34.8 Å². The van der Waals surface area contributed by atoms with Crippen molar-refractivity contribution in [3.8, 4) is 11.4 Å². The molecule has 0 radical (unpaired) electrons. The summed E-state index contributed by atoms with van der Waals surface area (Å²) in [6, 6.07) is 2.82.